The van der Waals surface area contributed by atoms with Crippen LogP contribution in [0.15, 0.2) is 134 Å². The van der Waals surface area contributed by atoms with Gasteiger partial charge >= 0.3 is 5.97 Å². The van der Waals surface area contributed by atoms with Gasteiger partial charge in [0.1, 0.15) is 24.4 Å². The quantitative estimate of drug-likeness (QED) is 0.0149. The van der Waals surface area contributed by atoms with Crippen LogP contribution in [0, 0.1) is 0 Å². The molecule has 1 heterocycles. The van der Waals surface area contributed by atoms with Crippen molar-refractivity contribution in [2.75, 3.05) is 13.2 Å². The number of carbonyl (C=O) groups is 2. The van der Waals surface area contributed by atoms with E-state index >= 15 is 0 Å². The van der Waals surface area contributed by atoms with E-state index in [1.165, 1.54) is 89.9 Å². The molecule has 11 heteroatoms. The van der Waals surface area contributed by atoms with Crippen LogP contribution in [0.5, 0.6) is 0 Å². The first kappa shape index (κ1) is 76.8. The van der Waals surface area contributed by atoms with E-state index in [0.717, 1.165) is 109 Å². The first-order chi connectivity index (χ1) is 40.7. The van der Waals surface area contributed by atoms with E-state index < -0.39 is 67.4 Å². The minimum absolute atomic E-state index is 0.0674. The molecule has 1 aliphatic heterocycles. The number of aliphatic hydroxyl groups is 5. The van der Waals surface area contributed by atoms with Gasteiger partial charge in [0.25, 0.3) is 0 Å². The standard InChI is InChI=1S/C72H119NO10/c1-4-7-10-13-16-19-22-25-27-28-29-30-31-32-33-34-35-36-37-39-41-44-47-50-53-56-59-65(76)71(80)73-63(64(75)58-55-52-49-46-43-40-24-21-18-15-12-9-6-3)62-81-72-70(69(79)68(78)66(61-74)82-72)83-67(77)60-57-54-51-48-45-42-38-26-23-20-17-14-11-8-5-2/h7-8,10-11,14,16-17,19-20,23,25-27,29-30,32-33,38,42,45,55,58,63-66,68-70,72,74-76,78-79H,4-6,9,12-13,15,18,21-22,24,28,31,34-37,39-41,43-44,46-54,56-57,59-62H2,1-3H3,(H,73,80)/b10-7-,11-8+,17-14+,19-16-,23-20-,27-25-,30-29-,33-32-,38-26-,45-42+,58-55+. The van der Waals surface area contributed by atoms with Crippen LogP contribution in [-0.4, -0.2) is 99.6 Å². The van der Waals surface area contributed by atoms with Crippen LogP contribution in [0.25, 0.3) is 0 Å². The molecule has 1 fully saturated rings. The van der Waals surface area contributed by atoms with Crippen LogP contribution in [-0.2, 0) is 23.8 Å². The normalized spacial score (nSPS) is 19.4. The Bertz CT molecular complexity index is 1860. The number of carbonyl (C=O) groups excluding carboxylic acids is 2. The van der Waals surface area contributed by atoms with Crippen molar-refractivity contribution in [3.05, 3.63) is 134 Å². The highest BCUT2D eigenvalue weighted by Gasteiger charge is 2.47. The zero-order valence-corrected chi connectivity index (χ0v) is 52.3. The Morgan fingerprint density at radius 2 is 0.928 bits per heavy atom. The lowest BCUT2D eigenvalue weighted by atomic mass is 9.99. The van der Waals surface area contributed by atoms with Crippen LogP contribution in [0.3, 0.4) is 0 Å². The molecular weight excluding hydrogens is 1040 g/mol. The maximum absolute atomic E-state index is 13.5. The molecule has 1 aliphatic rings. The topological polar surface area (TPSA) is 175 Å². The van der Waals surface area contributed by atoms with Gasteiger partial charge in [-0.3, -0.25) is 9.59 Å². The molecule has 1 rings (SSSR count). The molecule has 1 amide bonds. The lowest BCUT2D eigenvalue weighted by Crippen LogP contribution is -2.61. The van der Waals surface area contributed by atoms with Crippen molar-refractivity contribution in [1.82, 2.24) is 5.32 Å². The van der Waals surface area contributed by atoms with Gasteiger partial charge in [0, 0.05) is 6.42 Å². The highest BCUT2D eigenvalue weighted by molar-refractivity contribution is 5.80. The molecule has 8 atom stereocenters. The molecule has 0 bridgehead atoms. The number of nitrogens with one attached hydrogen (secondary N) is 1. The average molecular weight is 1160 g/mol. The molecule has 0 aromatic rings. The van der Waals surface area contributed by atoms with E-state index in [1.54, 1.807) is 6.08 Å². The van der Waals surface area contributed by atoms with E-state index in [9.17, 15) is 35.1 Å². The van der Waals surface area contributed by atoms with Gasteiger partial charge in [-0.05, 0) is 89.9 Å². The maximum atomic E-state index is 13.5. The Labute approximate surface area is 505 Å². The summed E-state index contributed by atoms with van der Waals surface area (Å²) in [4.78, 5) is 26.6. The molecule has 83 heavy (non-hydrogen) atoms. The fourth-order valence-corrected chi connectivity index (χ4v) is 9.52. The molecule has 0 aromatic carbocycles. The second kappa shape index (κ2) is 58.2. The second-order valence-electron chi connectivity index (χ2n) is 22.2. The molecular formula is C72H119NO10. The first-order valence-corrected chi connectivity index (χ1v) is 33.0. The molecule has 0 aromatic heterocycles. The van der Waals surface area contributed by atoms with Crippen LogP contribution in [0.4, 0.5) is 0 Å². The van der Waals surface area contributed by atoms with E-state index in [4.69, 9.17) is 14.2 Å². The van der Waals surface area contributed by atoms with E-state index in [2.05, 4.69) is 99.0 Å². The Kier molecular flexibility index (Phi) is 53.9. The molecule has 11 nitrogen and oxygen atoms in total. The number of hydrogen-bond donors (Lipinski definition) is 6. The zero-order valence-electron chi connectivity index (χ0n) is 52.3. The lowest BCUT2D eigenvalue weighted by molar-refractivity contribution is -0.305. The molecule has 0 spiro atoms. The average Bonchev–Trinajstić information content (AvgIpc) is 3.55. The molecule has 1 saturated heterocycles. The Balaban J connectivity index is 2.64. The van der Waals surface area contributed by atoms with Gasteiger partial charge < -0.3 is 45.1 Å². The summed E-state index contributed by atoms with van der Waals surface area (Å²) in [5.41, 5.74) is 0. The van der Waals surface area contributed by atoms with E-state index in [-0.39, 0.29) is 19.4 Å². The number of unbranched alkanes of at least 4 members (excludes halogenated alkanes) is 24. The van der Waals surface area contributed by atoms with Crippen LogP contribution >= 0.6 is 0 Å². The summed E-state index contributed by atoms with van der Waals surface area (Å²) in [5.74, 6) is -1.25. The van der Waals surface area contributed by atoms with Crippen LogP contribution < -0.4 is 5.32 Å². The molecule has 0 saturated carbocycles. The summed E-state index contributed by atoms with van der Waals surface area (Å²) < 4.78 is 17.6. The molecule has 0 radical (unpaired) electrons. The third-order valence-corrected chi connectivity index (χ3v) is 14.7. The van der Waals surface area contributed by atoms with Crippen molar-refractivity contribution in [2.24, 2.45) is 0 Å². The summed E-state index contributed by atoms with van der Waals surface area (Å²) >= 11 is 0. The largest absolute Gasteiger partial charge is 0.454 e. The van der Waals surface area contributed by atoms with Crippen molar-refractivity contribution >= 4 is 11.9 Å². The predicted molar refractivity (Wildman–Crippen MR) is 347 cm³/mol. The number of esters is 1. The maximum Gasteiger partial charge on any atom is 0.306 e. The van der Waals surface area contributed by atoms with E-state index in [1.807, 2.05) is 54.7 Å². The SMILES string of the molecule is CC/C=C\C/C=C\C/C=C\C/C=C\C/C=C\CCCCCCCCCCCCC(O)C(=O)NC(COC1OC(CO)C(O)C(O)C1OC(=O)CCCCC/C=C/C=C\C=C/C=C/C=C/CC)C(O)/C=C/CCCCCCCCCCCCC. The van der Waals surface area contributed by atoms with Gasteiger partial charge in [0.05, 0.1) is 25.4 Å². The minimum atomic E-state index is -1.64. The summed E-state index contributed by atoms with van der Waals surface area (Å²) in [6, 6.07) is -1.04. The minimum Gasteiger partial charge on any atom is -0.454 e. The van der Waals surface area contributed by atoms with Crippen molar-refractivity contribution < 1.29 is 49.3 Å². The number of ether oxygens (including phenoxy) is 3. The van der Waals surface area contributed by atoms with Crippen molar-refractivity contribution in [3.63, 3.8) is 0 Å². The van der Waals surface area contributed by atoms with Gasteiger partial charge in [-0.2, -0.15) is 0 Å². The van der Waals surface area contributed by atoms with Gasteiger partial charge in [0.2, 0.25) is 5.91 Å². The summed E-state index contributed by atoms with van der Waals surface area (Å²) in [5, 5.41) is 57.1. The smallest absolute Gasteiger partial charge is 0.306 e. The van der Waals surface area contributed by atoms with Gasteiger partial charge in [-0.25, -0.2) is 0 Å². The number of allylic oxidation sites excluding steroid dienone is 21. The Morgan fingerprint density at radius 1 is 0.494 bits per heavy atom. The fourth-order valence-electron chi connectivity index (χ4n) is 9.52. The molecule has 472 valence electrons. The first-order valence-electron chi connectivity index (χ1n) is 33.0. The van der Waals surface area contributed by atoms with Crippen molar-refractivity contribution in [1.29, 1.82) is 0 Å². The third kappa shape index (κ3) is 45.8. The monoisotopic (exact) mass is 1160 g/mol. The molecule has 6 N–H and O–H groups in total. The number of amides is 1. The number of hydrogen-bond acceptors (Lipinski definition) is 10. The van der Waals surface area contributed by atoms with Gasteiger partial charge in [-0.1, -0.05) is 283 Å². The third-order valence-electron chi connectivity index (χ3n) is 14.7. The van der Waals surface area contributed by atoms with Crippen molar-refractivity contribution in [2.45, 2.75) is 294 Å². The Morgan fingerprint density at radius 3 is 1.45 bits per heavy atom. The van der Waals surface area contributed by atoms with Crippen molar-refractivity contribution in [3.8, 4) is 0 Å². The van der Waals surface area contributed by atoms with Gasteiger partial charge in [-0.15, -0.1) is 0 Å². The fraction of sp³-hybridized carbons (Fsp3) is 0.667. The Hall–Kier alpha value is -4.20. The molecule has 0 aliphatic carbocycles. The van der Waals surface area contributed by atoms with E-state index in [0.29, 0.717) is 12.8 Å². The van der Waals surface area contributed by atoms with Crippen LogP contribution in [0.1, 0.15) is 245 Å². The summed E-state index contributed by atoms with van der Waals surface area (Å²) in [6.45, 7) is 5.50. The number of rotatable bonds is 54. The van der Waals surface area contributed by atoms with Gasteiger partial charge in [0.15, 0.2) is 12.4 Å². The highest BCUT2D eigenvalue weighted by atomic mass is 16.7. The molecule has 8 unspecified atom stereocenters. The zero-order chi connectivity index (χ0) is 60.3. The summed E-state index contributed by atoms with van der Waals surface area (Å²) in [7, 11) is 0. The highest BCUT2D eigenvalue weighted by Crippen LogP contribution is 2.26. The van der Waals surface area contributed by atoms with Crippen LogP contribution in [0.2, 0.25) is 0 Å². The summed E-state index contributed by atoms with van der Waals surface area (Å²) in [6.07, 6.45) is 72.0. The second-order valence-corrected chi connectivity index (χ2v) is 22.2. The number of aliphatic hydroxyl groups excluding tert-OH is 5. The predicted octanol–water partition coefficient (Wildman–Crippen LogP) is 16.4. The lowest BCUT2D eigenvalue weighted by Gasteiger charge is -2.41.